The number of fused-ring (bicyclic) bond motifs is 1. The van der Waals surface area contributed by atoms with Crippen molar-refractivity contribution in [2.24, 2.45) is 0 Å². The molecule has 0 unspecified atom stereocenters. The highest BCUT2D eigenvalue weighted by Gasteiger charge is 2.15. The number of allylic oxidation sites excluding steroid dienone is 4. The van der Waals surface area contributed by atoms with Crippen molar-refractivity contribution >= 4 is 11.8 Å². The van der Waals surface area contributed by atoms with Gasteiger partial charge in [0.1, 0.15) is 0 Å². The summed E-state index contributed by atoms with van der Waals surface area (Å²) in [7, 11) is 0. The first-order chi connectivity index (χ1) is 9.31. The Kier molecular flexibility index (Phi) is 5.87. The molecule has 2 rings (SSSR count). The Labute approximate surface area is 117 Å². The van der Waals surface area contributed by atoms with Crippen molar-refractivity contribution in [2.45, 2.75) is 20.8 Å². The van der Waals surface area contributed by atoms with Crippen LogP contribution in [0.5, 0.6) is 0 Å². The number of nitrogens with zero attached hydrogens (tertiary/aromatic N) is 1. The summed E-state index contributed by atoms with van der Waals surface area (Å²) in [4.78, 5) is 2.26. The first kappa shape index (κ1) is 15.0. The van der Waals surface area contributed by atoms with Gasteiger partial charge in [-0.1, -0.05) is 63.4 Å². The van der Waals surface area contributed by atoms with Crippen LogP contribution in [-0.2, 0) is 0 Å². The number of rotatable bonds is 3. The monoisotopic (exact) mass is 253 g/mol. The average Bonchev–Trinajstić information content (AvgIpc) is 2.64. The minimum Gasteiger partial charge on any atom is -0.341 e. The first-order valence-corrected chi connectivity index (χ1v) is 6.85. The molecule has 0 bridgehead atoms. The lowest BCUT2D eigenvalue weighted by molar-refractivity contribution is 0.974. The van der Waals surface area contributed by atoms with E-state index in [1.165, 1.54) is 11.3 Å². The van der Waals surface area contributed by atoms with E-state index in [9.17, 15) is 0 Å². The maximum absolute atomic E-state index is 3.91. The average molecular weight is 253 g/mol. The molecule has 1 nitrogen and oxygen atoms in total. The third-order valence-corrected chi connectivity index (χ3v) is 2.99. The summed E-state index contributed by atoms with van der Waals surface area (Å²) >= 11 is 0. The van der Waals surface area contributed by atoms with Crippen molar-refractivity contribution in [3.05, 3.63) is 72.5 Å². The Morgan fingerprint density at radius 3 is 2.32 bits per heavy atom. The molecule has 0 aliphatic carbocycles. The number of likely N-dealkylation sites (N-methyl/N-ethyl adjacent to an activating group) is 1. The third kappa shape index (κ3) is 3.05. The van der Waals surface area contributed by atoms with Crippen molar-refractivity contribution in [1.82, 2.24) is 0 Å². The van der Waals surface area contributed by atoms with Gasteiger partial charge in [0.25, 0.3) is 0 Å². The second-order valence-corrected chi connectivity index (χ2v) is 3.89. The molecular weight excluding hydrogens is 230 g/mol. The minimum absolute atomic E-state index is 0.914. The fraction of sp³-hybridized carbons (Fsp3) is 0.222. The summed E-state index contributed by atoms with van der Waals surface area (Å²) in [6, 6.07) is 8.39. The summed E-state index contributed by atoms with van der Waals surface area (Å²) in [6.45, 7) is 14.8. The third-order valence-electron chi connectivity index (χ3n) is 2.99. The predicted molar refractivity (Wildman–Crippen MR) is 87.3 cm³/mol. The van der Waals surface area contributed by atoms with Gasteiger partial charge in [-0.15, -0.1) is 0 Å². The van der Waals surface area contributed by atoms with Gasteiger partial charge in [0.15, 0.2) is 0 Å². The first-order valence-electron chi connectivity index (χ1n) is 6.85. The SMILES string of the molecule is C=CC1=C(C=C)N(CC)c2ccccc2C=C1.CC. The van der Waals surface area contributed by atoms with E-state index in [-0.39, 0.29) is 0 Å². The van der Waals surface area contributed by atoms with Crippen LogP contribution in [0.25, 0.3) is 6.08 Å². The molecule has 0 spiro atoms. The molecule has 0 radical (unpaired) electrons. The van der Waals surface area contributed by atoms with Crippen molar-refractivity contribution in [3.63, 3.8) is 0 Å². The van der Waals surface area contributed by atoms with E-state index in [2.05, 4.69) is 61.4 Å². The van der Waals surface area contributed by atoms with Gasteiger partial charge >= 0.3 is 0 Å². The molecule has 0 saturated heterocycles. The van der Waals surface area contributed by atoms with Crippen LogP contribution in [0.1, 0.15) is 26.3 Å². The lowest BCUT2D eigenvalue weighted by atomic mass is 10.1. The Morgan fingerprint density at radius 2 is 1.74 bits per heavy atom. The van der Waals surface area contributed by atoms with Crippen LogP contribution in [0.3, 0.4) is 0 Å². The second kappa shape index (κ2) is 7.42. The highest BCUT2D eigenvalue weighted by Crippen LogP contribution is 2.30. The highest BCUT2D eigenvalue weighted by atomic mass is 15.1. The second-order valence-electron chi connectivity index (χ2n) is 3.89. The van der Waals surface area contributed by atoms with Crippen molar-refractivity contribution in [2.75, 3.05) is 11.4 Å². The largest absolute Gasteiger partial charge is 0.341 e. The van der Waals surface area contributed by atoms with Gasteiger partial charge in [0.2, 0.25) is 0 Å². The molecule has 0 amide bonds. The lowest BCUT2D eigenvalue weighted by Gasteiger charge is -2.25. The van der Waals surface area contributed by atoms with Crippen molar-refractivity contribution in [3.8, 4) is 0 Å². The number of benzene rings is 1. The van der Waals surface area contributed by atoms with Crippen LogP contribution in [-0.4, -0.2) is 6.54 Å². The Balaban J connectivity index is 0.000000861. The molecule has 19 heavy (non-hydrogen) atoms. The molecule has 0 N–H and O–H groups in total. The zero-order valence-electron chi connectivity index (χ0n) is 12.2. The Morgan fingerprint density at radius 1 is 1.05 bits per heavy atom. The van der Waals surface area contributed by atoms with Gasteiger partial charge in [-0.25, -0.2) is 0 Å². The topological polar surface area (TPSA) is 3.24 Å². The number of para-hydroxylation sites is 1. The van der Waals surface area contributed by atoms with Gasteiger partial charge in [0, 0.05) is 17.9 Å². The maximum atomic E-state index is 3.91. The molecule has 100 valence electrons. The highest BCUT2D eigenvalue weighted by molar-refractivity contribution is 5.75. The minimum atomic E-state index is 0.914. The summed E-state index contributed by atoms with van der Waals surface area (Å²) in [6.07, 6.45) is 8.00. The zero-order valence-corrected chi connectivity index (χ0v) is 12.2. The van der Waals surface area contributed by atoms with Gasteiger partial charge < -0.3 is 4.90 Å². The van der Waals surface area contributed by atoms with Gasteiger partial charge in [-0.2, -0.15) is 0 Å². The van der Waals surface area contributed by atoms with Gasteiger partial charge in [0.05, 0.1) is 0 Å². The van der Waals surface area contributed by atoms with E-state index in [4.69, 9.17) is 0 Å². The summed E-state index contributed by atoms with van der Waals surface area (Å²) in [5.41, 5.74) is 4.67. The van der Waals surface area contributed by atoms with Crippen LogP contribution in [0.2, 0.25) is 0 Å². The predicted octanol–water partition coefficient (Wildman–Crippen LogP) is 5.19. The number of anilines is 1. The summed E-state index contributed by atoms with van der Waals surface area (Å²) in [5.74, 6) is 0. The fourth-order valence-corrected chi connectivity index (χ4v) is 2.17. The smallest absolute Gasteiger partial charge is 0.0484 e. The van der Waals surface area contributed by atoms with Gasteiger partial charge in [-0.3, -0.25) is 0 Å². The maximum Gasteiger partial charge on any atom is 0.0484 e. The normalized spacial score (nSPS) is 13.1. The van der Waals surface area contributed by atoms with E-state index >= 15 is 0 Å². The number of hydrogen-bond acceptors (Lipinski definition) is 1. The van der Waals surface area contributed by atoms with E-state index < -0.39 is 0 Å². The Hall–Kier alpha value is -2.02. The summed E-state index contributed by atoms with van der Waals surface area (Å²) in [5, 5.41) is 0. The van der Waals surface area contributed by atoms with E-state index in [1.807, 2.05) is 26.0 Å². The van der Waals surface area contributed by atoms with Crippen molar-refractivity contribution < 1.29 is 0 Å². The Bertz CT molecular complexity index is 506. The molecule has 1 aromatic carbocycles. The van der Waals surface area contributed by atoms with E-state index in [0.29, 0.717) is 0 Å². The summed E-state index contributed by atoms with van der Waals surface area (Å²) < 4.78 is 0. The zero-order chi connectivity index (χ0) is 14.3. The molecule has 1 heteroatoms. The number of hydrogen-bond donors (Lipinski definition) is 0. The molecule has 0 atom stereocenters. The standard InChI is InChI=1S/C16H17N.C2H6/c1-4-13-11-12-14-9-7-8-10-16(14)17(6-3)15(13)5-2;1-2/h4-5,7-12H,1-2,6H2,3H3;1-2H3. The van der Waals surface area contributed by atoms with Crippen LogP contribution in [0.15, 0.2) is 66.9 Å². The van der Waals surface area contributed by atoms with E-state index in [1.54, 1.807) is 0 Å². The molecule has 1 aliphatic heterocycles. The van der Waals surface area contributed by atoms with E-state index in [0.717, 1.165) is 17.8 Å². The lowest BCUT2D eigenvalue weighted by Crippen LogP contribution is -2.22. The molecule has 1 aliphatic rings. The molecule has 1 heterocycles. The van der Waals surface area contributed by atoms with Crippen LogP contribution >= 0.6 is 0 Å². The molecule has 0 fully saturated rings. The van der Waals surface area contributed by atoms with Gasteiger partial charge in [-0.05, 0) is 30.2 Å². The molecular formula is C18H23N. The van der Waals surface area contributed by atoms with Crippen LogP contribution in [0.4, 0.5) is 5.69 Å². The van der Waals surface area contributed by atoms with Crippen LogP contribution < -0.4 is 4.90 Å². The van der Waals surface area contributed by atoms with Crippen LogP contribution in [0, 0.1) is 0 Å². The fourth-order valence-electron chi connectivity index (χ4n) is 2.17. The van der Waals surface area contributed by atoms with Crippen molar-refractivity contribution in [1.29, 1.82) is 0 Å². The quantitative estimate of drug-likeness (QED) is 0.716. The molecule has 1 aromatic rings. The molecule has 0 saturated carbocycles. The molecule has 0 aromatic heterocycles.